The van der Waals surface area contributed by atoms with Crippen LogP contribution in [0.15, 0.2) is 12.3 Å². The van der Waals surface area contributed by atoms with Crippen LogP contribution < -0.4 is 0 Å². The molecule has 1 rings (SSSR count). The summed E-state index contributed by atoms with van der Waals surface area (Å²) >= 11 is 0. The molecule has 0 saturated heterocycles. The molecule has 0 spiro atoms. The molecule has 2 unspecified atom stereocenters. The van der Waals surface area contributed by atoms with Crippen LogP contribution >= 0.6 is 0 Å². The van der Waals surface area contributed by atoms with Gasteiger partial charge in [0.2, 0.25) is 0 Å². The summed E-state index contributed by atoms with van der Waals surface area (Å²) < 4.78 is 1.73. The van der Waals surface area contributed by atoms with Gasteiger partial charge in [-0.2, -0.15) is 5.10 Å². The van der Waals surface area contributed by atoms with Gasteiger partial charge in [-0.1, -0.05) is 20.3 Å². The van der Waals surface area contributed by atoms with E-state index >= 15 is 0 Å². The molecular weight excluding hydrogens is 164 g/mol. The predicted molar refractivity (Wildman–Crippen MR) is 52.2 cm³/mol. The van der Waals surface area contributed by atoms with E-state index in [1.165, 1.54) is 0 Å². The van der Waals surface area contributed by atoms with E-state index in [4.69, 9.17) is 0 Å². The first kappa shape index (κ1) is 10.3. The lowest BCUT2D eigenvalue weighted by molar-refractivity contribution is 0.138. The summed E-state index contributed by atoms with van der Waals surface area (Å²) in [6, 6.07) is 1.87. The quantitative estimate of drug-likeness (QED) is 0.772. The van der Waals surface area contributed by atoms with Crippen molar-refractivity contribution in [1.82, 2.24) is 9.78 Å². The molecule has 0 amide bonds. The summed E-state index contributed by atoms with van der Waals surface area (Å²) in [5.74, 6) is 0.560. The van der Waals surface area contributed by atoms with Crippen LogP contribution in [0.25, 0.3) is 0 Å². The average molecular weight is 182 g/mol. The summed E-state index contributed by atoms with van der Waals surface area (Å²) in [5.41, 5.74) is 0.903. The second kappa shape index (κ2) is 4.42. The normalized spacial score (nSPS) is 15.7. The maximum atomic E-state index is 9.83. The van der Waals surface area contributed by atoms with Gasteiger partial charge < -0.3 is 5.11 Å². The summed E-state index contributed by atoms with van der Waals surface area (Å²) in [7, 11) is 1.86. The molecule has 0 aliphatic rings. The van der Waals surface area contributed by atoms with Crippen molar-refractivity contribution in [3.05, 3.63) is 18.0 Å². The third kappa shape index (κ3) is 2.56. The van der Waals surface area contributed by atoms with E-state index in [9.17, 15) is 5.11 Å². The molecule has 3 heteroatoms. The second-order valence-corrected chi connectivity index (χ2v) is 3.64. The Bertz CT molecular complexity index is 257. The first-order chi connectivity index (χ1) is 6.15. The Balaban J connectivity index is 2.58. The van der Waals surface area contributed by atoms with E-state index < -0.39 is 0 Å². The molecular formula is C10H18N2O. The number of aromatic nitrogens is 2. The van der Waals surface area contributed by atoms with Gasteiger partial charge >= 0.3 is 0 Å². The summed E-state index contributed by atoms with van der Waals surface area (Å²) in [5, 5.41) is 13.9. The zero-order valence-corrected chi connectivity index (χ0v) is 8.57. The minimum Gasteiger partial charge on any atom is -0.387 e. The average Bonchev–Trinajstić information content (AvgIpc) is 2.51. The van der Waals surface area contributed by atoms with Gasteiger partial charge in [0.25, 0.3) is 0 Å². The molecule has 0 bridgehead atoms. The van der Waals surface area contributed by atoms with Crippen molar-refractivity contribution in [2.24, 2.45) is 13.0 Å². The highest BCUT2D eigenvalue weighted by Gasteiger charge is 2.13. The van der Waals surface area contributed by atoms with Crippen LogP contribution in [0, 0.1) is 5.92 Å². The standard InChI is InChI=1S/C10H18N2O/c1-4-8(2)7-10(13)9-5-6-11-12(9)3/h5-6,8,10,13H,4,7H2,1-3H3. The monoisotopic (exact) mass is 182 g/mol. The van der Waals surface area contributed by atoms with E-state index in [-0.39, 0.29) is 6.10 Å². The summed E-state index contributed by atoms with van der Waals surface area (Å²) in [4.78, 5) is 0. The zero-order chi connectivity index (χ0) is 9.84. The van der Waals surface area contributed by atoms with Gasteiger partial charge in [-0.05, 0) is 18.4 Å². The molecule has 74 valence electrons. The lowest BCUT2D eigenvalue weighted by atomic mass is 9.99. The van der Waals surface area contributed by atoms with Crippen LogP contribution in [-0.2, 0) is 7.05 Å². The van der Waals surface area contributed by atoms with Gasteiger partial charge in [0.05, 0.1) is 11.8 Å². The third-order valence-corrected chi connectivity index (χ3v) is 2.52. The number of hydrogen-bond acceptors (Lipinski definition) is 2. The molecule has 0 radical (unpaired) electrons. The molecule has 0 aliphatic heterocycles. The van der Waals surface area contributed by atoms with Gasteiger partial charge in [-0.25, -0.2) is 0 Å². The molecule has 1 aromatic rings. The second-order valence-electron chi connectivity index (χ2n) is 3.64. The maximum absolute atomic E-state index is 9.83. The zero-order valence-electron chi connectivity index (χ0n) is 8.57. The van der Waals surface area contributed by atoms with Gasteiger partial charge in [-0.3, -0.25) is 4.68 Å². The Morgan fingerprint density at radius 2 is 2.31 bits per heavy atom. The van der Waals surface area contributed by atoms with Gasteiger partial charge in [-0.15, -0.1) is 0 Å². The first-order valence-corrected chi connectivity index (χ1v) is 4.81. The van der Waals surface area contributed by atoms with Crippen molar-refractivity contribution in [3.63, 3.8) is 0 Å². The van der Waals surface area contributed by atoms with Crippen molar-refractivity contribution >= 4 is 0 Å². The van der Waals surface area contributed by atoms with Gasteiger partial charge in [0.1, 0.15) is 0 Å². The molecule has 0 saturated carbocycles. The fourth-order valence-corrected chi connectivity index (χ4v) is 1.38. The molecule has 0 fully saturated rings. The molecule has 1 heterocycles. The molecule has 13 heavy (non-hydrogen) atoms. The highest BCUT2D eigenvalue weighted by molar-refractivity contribution is 5.03. The van der Waals surface area contributed by atoms with Crippen molar-refractivity contribution < 1.29 is 5.11 Å². The summed E-state index contributed by atoms with van der Waals surface area (Å²) in [6.07, 6.45) is 3.27. The van der Waals surface area contributed by atoms with E-state index in [2.05, 4.69) is 18.9 Å². The minimum absolute atomic E-state index is 0.373. The predicted octanol–water partition coefficient (Wildman–Crippen LogP) is 1.89. The fourth-order valence-electron chi connectivity index (χ4n) is 1.38. The van der Waals surface area contributed by atoms with Crippen molar-refractivity contribution in [2.45, 2.75) is 32.8 Å². The van der Waals surface area contributed by atoms with E-state index in [0.29, 0.717) is 5.92 Å². The minimum atomic E-state index is -0.373. The van der Waals surface area contributed by atoms with Crippen LogP contribution in [0.5, 0.6) is 0 Å². The SMILES string of the molecule is CCC(C)CC(O)c1ccnn1C. The Kier molecular flexibility index (Phi) is 3.48. The molecule has 1 aromatic heterocycles. The highest BCUT2D eigenvalue weighted by Crippen LogP contribution is 2.21. The third-order valence-electron chi connectivity index (χ3n) is 2.52. The van der Waals surface area contributed by atoms with Gasteiger partial charge in [0, 0.05) is 13.2 Å². The number of rotatable bonds is 4. The maximum Gasteiger partial charge on any atom is 0.0959 e. The number of hydrogen-bond donors (Lipinski definition) is 1. The lowest BCUT2D eigenvalue weighted by Gasteiger charge is -2.14. The summed E-state index contributed by atoms with van der Waals surface area (Å²) in [6.45, 7) is 4.29. The van der Waals surface area contributed by atoms with Crippen LogP contribution in [-0.4, -0.2) is 14.9 Å². The smallest absolute Gasteiger partial charge is 0.0959 e. The van der Waals surface area contributed by atoms with E-state index in [1.807, 2.05) is 13.1 Å². The van der Waals surface area contributed by atoms with E-state index in [0.717, 1.165) is 18.5 Å². The molecule has 2 atom stereocenters. The topological polar surface area (TPSA) is 38.1 Å². The fraction of sp³-hybridized carbons (Fsp3) is 0.700. The Hall–Kier alpha value is -0.830. The number of aryl methyl sites for hydroxylation is 1. The Morgan fingerprint density at radius 3 is 2.77 bits per heavy atom. The number of aliphatic hydroxyl groups excluding tert-OH is 1. The Morgan fingerprint density at radius 1 is 1.62 bits per heavy atom. The van der Waals surface area contributed by atoms with Gasteiger partial charge in [0.15, 0.2) is 0 Å². The molecule has 0 aromatic carbocycles. The van der Waals surface area contributed by atoms with E-state index in [1.54, 1.807) is 10.9 Å². The largest absolute Gasteiger partial charge is 0.387 e. The lowest BCUT2D eigenvalue weighted by Crippen LogP contribution is -2.08. The van der Waals surface area contributed by atoms with Crippen molar-refractivity contribution in [3.8, 4) is 0 Å². The number of nitrogens with zero attached hydrogens (tertiary/aromatic N) is 2. The van der Waals surface area contributed by atoms with Crippen LogP contribution in [0.1, 0.15) is 38.5 Å². The first-order valence-electron chi connectivity index (χ1n) is 4.81. The Labute approximate surface area is 79.4 Å². The van der Waals surface area contributed by atoms with Crippen LogP contribution in [0.4, 0.5) is 0 Å². The molecule has 1 N–H and O–H groups in total. The number of aliphatic hydroxyl groups is 1. The van der Waals surface area contributed by atoms with Crippen molar-refractivity contribution in [2.75, 3.05) is 0 Å². The van der Waals surface area contributed by atoms with Crippen molar-refractivity contribution in [1.29, 1.82) is 0 Å². The van der Waals surface area contributed by atoms with Crippen LogP contribution in [0.2, 0.25) is 0 Å². The highest BCUT2D eigenvalue weighted by atomic mass is 16.3. The molecule has 0 aliphatic carbocycles. The molecule has 3 nitrogen and oxygen atoms in total. The van der Waals surface area contributed by atoms with Crippen LogP contribution in [0.3, 0.4) is 0 Å².